The molecule has 3 N–H and O–H groups in total. The van der Waals surface area contributed by atoms with Crippen LogP contribution in [0.3, 0.4) is 0 Å². The summed E-state index contributed by atoms with van der Waals surface area (Å²) in [7, 11) is 0. The molecule has 0 fully saturated rings. The van der Waals surface area contributed by atoms with E-state index >= 15 is 0 Å². The first-order valence-corrected chi connectivity index (χ1v) is 11.2. The Kier molecular flexibility index (Phi) is 6.95. The second-order valence-corrected chi connectivity index (χ2v) is 8.59. The number of ether oxygens (including phenoxy) is 1. The van der Waals surface area contributed by atoms with Gasteiger partial charge in [0.05, 0.1) is 9.99 Å². The zero-order valence-electron chi connectivity index (χ0n) is 17.4. The second kappa shape index (κ2) is 10.1. The van der Waals surface area contributed by atoms with Crippen LogP contribution in [0.1, 0.15) is 15.9 Å². The lowest BCUT2D eigenvalue weighted by molar-refractivity contribution is -0.137. The zero-order chi connectivity index (χ0) is 24.2. The van der Waals surface area contributed by atoms with Crippen molar-refractivity contribution in [1.82, 2.24) is 9.97 Å². The number of hydrogen-bond acceptors (Lipinski definition) is 6. The Hall–Kier alpha value is -3.69. The monoisotopic (exact) mass is 541 g/mol. The van der Waals surface area contributed by atoms with E-state index in [2.05, 4.69) is 31.2 Å². The van der Waals surface area contributed by atoms with Crippen LogP contribution in [0.25, 0.3) is 10.9 Å². The van der Waals surface area contributed by atoms with E-state index in [9.17, 15) is 19.8 Å². The molecule has 34 heavy (non-hydrogen) atoms. The number of aromatic nitrogens is 2. The molecule has 172 valence electrons. The summed E-state index contributed by atoms with van der Waals surface area (Å²) in [5, 5.41) is 23.1. The highest BCUT2D eigenvalue weighted by molar-refractivity contribution is 9.10. The Labute approximate surface area is 207 Å². The van der Waals surface area contributed by atoms with Crippen LogP contribution in [0, 0.1) is 0 Å². The van der Waals surface area contributed by atoms with Crippen molar-refractivity contribution in [3.63, 3.8) is 0 Å². The molecule has 0 bridgehead atoms. The van der Waals surface area contributed by atoms with E-state index in [-0.39, 0.29) is 17.8 Å². The molecule has 0 radical (unpaired) electrons. The molecule has 4 rings (SSSR count). The number of fused-ring (bicyclic) bond motifs is 1. The minimum Gasteiger partial charge on any atom is -0.480 e. The largest absolute Gasteiger partial charge is 0.480 e. The lowest BCUT2D eigenvalue weighted by Crippen LogP contribution is -2.32. The normalized spacial score (nSPS) is 11.7. The molecule has 0 unspecified atom stereocenters. The molecule has 2 aromatic carbocycles. The maximum Gasteiger partial charge on any atom is 0.339 e. The summed E-state index contributed by atoms with van der Waals surface area (Å²) >= 11 is 9.35. The zero-order valence-corrected chi connectivity index (χ0v) is 19.7. The van der Waals surface area contributed by atoms with Crippen LogP contribution in [-0.2, 0) is 11.2 Å². The van der Waals surface area contributed by atoms with Crippen molar-refractivity contribution in [2.75, 3.05) is 5.32 Å². The minimum atomic E-state index is -1.23. The van der Waals surface area contributed by atoms with Crippen LogP contribution < -0.4 is 10.1 Å². The SMILES string of the molecule is O=C(O)c1cc2cc(Cl)ccc2nc1N[C@@H](Cc1ccc(Oc2ncccc2Br)cc1)C(=O)O. The number of carboxylic acid groups (broad SMARTS) is 2. The van der Waals surface area contributed by atoms with Crippen molar-refractivity contribution in [2.45, 2.75) is 12.5 Å². The van der Waals surface area contributed by atoms with Crippen molar-refractivity contribution in [3.8, 4) is 11.6 Å². The van der Waals surface area contributed by atoms with E-state index in [1.165, 1.54) is 6.07 Å². The molecule has 8 nitrogen and oxygen atoms in total. The quantitative estimate of drug-likeness (QED) is 0.261. The van der Waals surface area contributed by atoms with E-state index in [0.717, 1.165) is 0 Å². The fourth-order valence-corrected chi connectivity index (χ4v) is 3.79. The predicted molar refractivity (Wildman–Crippen MR) is 131 cm³/mol. The average Bonchev–Trinajstić information content (AvgIpc) is 2.80. The number of halogens is 2. The fraction of sp³-hybridized carbons (Fsp3) is 0.0833. The molecule has 2 aromatic heterocycles. The summed E-state index contributed by atoms with van der Waals surface area (Å²) in [6, 6.07) is 15.6. The van der Waals surface area contributed by atoms with Gasteiger partial charge in [0.2, 0.25) is 5.88 Å². The Morgan fingerprint density at radius 1 is 1.09 bits per heavy atom. The second-order valence-electron chi connectivity index (χ2n) is 7.30. The maximum absolute atomic E-state index is 11.9. The third-order valence-electron chi connectivity index (χ3n) is 4.92. The van der Waals surface area contributed by atoms with Crippen molar-refractivity contribution in [3.05, 3.63) is 87.5 Å². The lowest BCUT2D eigenvalue weighted by Gasteiger charge is -2.17. The number of nitrogens with zero attached hydrogens (tertiary/aromatic N) is 2. The molecule has 0 aliphatic carbocycles. The minimum absolute atomic E-state index is 0.0327. The Balaban J connectivity index is 1.55. The molecule has 0 saturated carbocycles. The van der Waals surface area contributed by atoms with Crippen molar-refractivity contribution < 1.29 is 24.5 Å². The molecule has 10 heteroatoms. The number of rotatable bonds is 8. The first-order valence-electron chi connectivity index (χ1n) is 10.0. The van der Waals surface area contributed by atoms with Crippen molar-refractivity contribution in [1.29, 1.82) is 0 Å². The molecular weight excluding hydrogens is 526 g/mol. The van der Waals surface area contributed by atoms with Gasteiger partial charge in [-0.25, -0.2) is 19.6 Å². The first kappa shape index (κ1) is 23.5. The van der Waals surface area contributed by atoms with Gasteiger partial charge in [-0.2, -0.15) is 0 Å². The summed E-state index contributed by atoms with van der Waals surface area (Å²) in [4.78, 5) is 32.2. The van der Waals surface area contributed by atoms with Crippen LogP contribution >= 0.6 is 27.5 Å². The number of pyridine rings is 2. The van der Waals surface area contributed by atoms with Gasteiger partial charge >= 0.3 is 11.9 Å². The van der Waals surface area contributed by atoms with Crippen molar-refractivity contribution in [2.24, 2.45) is 0 Å². The van der Waals surface area contributed by atoms with Crippen LogP contribution in [-0.4, -0.2) is 38.2 Å². The Morgan fingerprint density at radius 3 is 2.53 bits per heavy atom. The topological polar surface area (TPSA) is 122 Å². The van der Waals surface area contributed by atoms with Gasteiger partial charge < -0.3 is 20.3 Å². The Morgan fingerprint density at radius 2 is 1.85 bits per heavy atom. The smallest absolute Gasteiger partial charge is 0.339 e. The van der Waals surface area contributed by atoms with Crippen LogP contribution in [0.15, 0.2) is 71.3 Å². The number of aliphatic carboxylic acids is 1. The third-order valence-corrected chi connectivity index (χ3v) is 5.76. The Bertz CT molecular complexity index is 1380. The number of aromatic carboxylic acids is 1. The summed E-state index contributed by atoms with van der Waals surface area (Å²) in [5.74, 6) is -1.47. The maximum atomic E-state index is 11.9. The summed E-state index contributed by atoms with van der Waals surface area (Å²) in [6.45, 7) is 0. The molecule has 0 saturated heterocycles. The third kappa shape index (κ3) is 5.44. The summed E-state index contributed by atoms with van der Waals surface area (Å²) in [6.07, 6.45) is 1.70. The molecular formula is C24H17BrClN3O5. The molecule has 1 atom stereocenters. The molecule has 0 spiro atoms. The van der Waals surface area contributed by atoms with E-state index in [0.29, 0.717) is 37.6 Å². The van der Waals surface area contributed by atoms with Gasteiger partial charge in [-0.3, -0.25) is 0 Å². The first-order chi connectivity index (χ1) is 16.3. The molecule has 0 amide bonds. The molecule has 4 aromatic rings. The van der Waals surface area contributed by atoms with E-state index in [1.807, 2.05) is 0 Å². The van der Waals surface area contributed by atoms with Gasteiger partial charge in [-0.05, 0) is 70.0 Å². The number of carbonyl (C=O) groups is 2. The van der Waals surface area contributed by atoms with Gasteiger partial charge in [0.25, 0.3) is 0 Å². The lowest BCUT2D eigenvalue weighted by atomic mass is 10.0. The van der Waals surface area contributed by atoms with Gasteiger partial charge in [0, 0.05) is 23.0 Å². The number of benzene rings is 2. The van der Waals surface area contributed by atoms with Gasteiger partial charge in [0.1, 0.15) is 23.2 Å². The standard InChI is InChI=1S/C24H17BrClN3O5/c25-18-2-1-9-27-22(18)34-16-6-3-13(4-7-16)10-20(24(32)33)29-21-17(23(30)31)12-14-11-15(26)5-8-19(14)28-21/h1-9,11-12,20H,10H2,(H,28,29)(H,30,31)(H,32,33)/t20-/m0/s1. The van der Waals surface area contributed by atoms with Crippen molar-refractivity contribution >= 4 is 56.2 Å². The van der Waals surface area contributed by atoms with Crippen LogP contribution in [0.2, 0.25) is 5.02 Å². The fourth-order valence-electron chi connectivity index (χ4n) is 3.27. The molecule has 2 heterocycles. The average molecular weight is 543 g/mol. The van der Waals surface area contributed by atoms with Gasteiger partial charge in [-0.1, -0.05) is 23.7 Å². The highest BCUT2D eigenvalue weighted by atomic mass is 79.9. The summed E-state index contributed by atoms with van der Waals surface area (Å²) in [5.41, 5.74) is 1.05. The highest BCUT2D eigenvalue weighted by Gasteiger charge is 2.22. The van der Waals surface area contributed by atoms with E-state index < -0.39 is 18.0 Å². The highest BCUT2D eigenvalue weighted by Crippen LogP contribution is 2.28. The number of carboxylic acids is 2. The molecule has 0 aliphatic heterocycles. The van der Waals surface area contributed by atoms with Crippen LogP contribution in [0.5, 0.6) is 11.6 Å². The van der Waals surface area contributed by atoms with Gasteiger partial charge in [0.15, 0.2) is 0 Å². The molecule has 0 aliphatic rings. The van der Waals surface area contributed by atoms with Gasteiger partial charge in [-0.15, -0.1) is 0 Å². The number of anilines is 1. The van der Waals surface area contributed by atoms with E-state index in [1.54, 1.807) is 60.8 Å². The van der Waals surface area contributed by atoms with Crippen LogP contribution in [0.4, 0.5) is 5.82 Å². The van der Waals surface area contributed by atoms with E-state index in [4.69, 9.17) is 16.3 Å². The number of nitrogens with one attached hydrogen (secondary N) is 1. The summed E-state index contributed by atoms with van der Waals surface area (Å²) < 4.78 is 6.43. The number of hydrogen-bond donors (Lipinski definition) is 3. The predicted octanol–water partition coefficient (Wildman–Crippen LogP) is 5.64.